The summed E-state index contributed by atoms with van der Waals surface area (Å²) in [5.41, 5.74) is 2.18. The second-order valence-electron chi connectivity index (χ2n) is 6.46. The van der Waals surface area contributed by atoms with Crippen molar-refractivity contribution in [1.29, 1.82) is 0 Å². The minimum absolute atomic E-state index is 0.0613. The molecule has 1 N–H and O–H groups in total. The zero-order valence-corrected chi connectivity index (χ0v) is 15.5. The first-order valence-corrected chi connectivity index (χ1v) is 9.84. The second-order valence-corrected chi connectivity index (χ2v) is 7.52. The molecule has 0 bridgehead atoms. The Morgan fingerprint density at radius 2 is 2.19 bits per heavy atom. The Morgan fingerprint density at radius 1 is 1.31 bits per heavy atom. The van der Waals surface area contributed by atoms with Gasteiger partial charge in [-0.1, -0.05) is 18.3 Å². The normalized spacial score (nSPS) is 13.6. The van der Waals surface area contributed by atoms with E-state index in [2.05, 4.69) is 22.4 Å². The van der Waals surface area contributed by atoms with E-state index in [0.29, 0.717) is 10.9 Å². The summed E-state index contributed by atoms with van der Waals surface area (Å²) in [4.78, 5) is 12.1. The van der Waals surface area contributed by atoms with Gasteiger partial charge in [0.05, 0.1) is 0 Å². The van der Waals surface area contributed by atoms with Crippen LogP contribution in [0.1, 0.15) is 42.5 Å². The Balaban J connectivity index is 1.39. The van der Waals surface area contributed by atoms with Crippen LogP contribution in [0.25, 0.3) is 11.0 Å². The van der Waals surface area contributed by atoms with Gasteiger partial charge >= 0.3 is 0 Å². The topological polar surface area (TPSA) is 77.2 Å². The van der Waals surface area contributed by atoms with Gasteiger partial charge in [0.25, 0.3) is 5.91 Å². The summed E-state index contributed by atoms with van der Waals surface area (Å²) in [5, 5.41) is 13.3. The van der Waals surface area contributed by atoms with Crippen molar-refractivity contribution in [2.45, 2.75) is 45.4 Å². The third-order valence-electron chi connectivity index (χ3n) is 4.47. The number of carbonyl (C=O) groups is 1. The molecule has 3 aromatic rings. The van der Waals surface area contributed by atoms with Gasteiger partial charge in [-0.25, -0.2) is 0 Å². The van der Waals surface area contributed by atoms with E-state index in [1.165, 1.54) is 29.7 Å². The Kier molecular flexibility index (Phi) is 4.88. The van der Waals surface area contributed by atoms with Crippen molar-refractivity contribution in [1.82, 2.24) is 10.2 Å². The van der Waals surface area contributed by atoms with E-state index in [9.17, 15) is 4.79 Å². The number of anilines is 1. The van der Waals surface area contributed by atoms with Crippen molar-refractivity contribution < 1.29 is 13.9 Å². The molecule has 4 rings (SSSR count). The Morgan fingerprint density at radius 3 is 3.08 bits per heavy atom. The van der Waals surface area contributed by atoms with E-state index in [1.54, 1.807) is 0 Å². The summed E-state index contributed by atoms with van der Waals surface area (Å²) in [6.45, 7) is 2.02. The number of fused-ring (bicyclic) bond motifs is 3. The van der Waals surface area contributed by atoms with Crippen LogP contribution in [0.5, 0.6) is 5.75 Å². The molecule has 2 heterocycles. The van der Waals surface area contributed by atoms with Crippen molar-refractivity contribution in [3.8, 4) is 5.75 Å². The van der Waals surface area contributed by atoms with Gasteiger partial charge in [-0.15, -0.1) is 10.2 Å². The molecule has 7 heteroatoms. The van der Waals surface area contributed by atoms with Crippen molar-refractivity contribution in [2.75, 3.05) is 11.9 Å². The second kappa shape index (κ2) is 7.45. The first-order chi connectivity index (χ1) is 12.7. The lowest BCUT2D eigenvalue weighted by Crippen LogP contribution is -2.20. The number of aryl methyl sites for hydroxylation is 3. The zero-order chi connectivity index (χ0) is 17.9. The lowest BCUT2D eigenvalue weighted by Gasteiger charge is -2.09. The molecule has 0 saturated carbocycles. The number of nitrogens with zero attached hydrogens (tertiary/aromatic N) is 2. The first kappa shape index (κ1) is 17.0. The molecular weight excluding hydrogens is 350 g/mol. The highest BCUT2D eigenvalue weighted by molar-refractivity contribution is 7.15. The summed E-state index contributed by atoms with van der Waals surface area (Å²) < 4.78 is 11.6. The van der Waals surface area contributed by atoms with Crippen LogP contribution in [0.4, 0.5) is 5.13 Å². The van der Waals surface area contributed by atoms with Gasteiger partial charge in [0.1, 0.15) is 22.1 Å². The van der Waals surface area contributed by atoms with Gasteiger partial charge in [-0.2, -0.15) is 0 Å². The number of amides is 1. The molecule has 2 aromatic heterocycles. The molecule has 0 atom stereocenters. The quantitative estimate of drug-likeness (QED) is 0.705. The fraction of sp³-hybridized carbons (Fsp3) is 0.421. The molecule has 1 aromatic carbocycles. The SMILES string of the molecule is CCCc1nnc(NC(=O)COc2ccc3oc4c(c3c2)CCCC4)s1. The molecule has 26 heavy (non-hydrogen) atoms. The van der Waals surface area contributed by atoms with Crippen molar-refractivity contribution >= 4 is 33.3 Å². The minimum Gasteiger partial charge on any atom is -0.484 e. The van der Waals surface area contributed by atoms with Crippen LogP contribution >= 0.6 is 11.3 Å². The fourth-order valence-electron chi connectivity index (χ4n) is 3.25. The number of hydrogen-bond acceptors (Lipinski definition) is 6. The van der Waals surface area contributed by atoms with E-state index in [4.69, 9.17) is 9.15 Å². The van der Waals surface area contributed by atoms with Gasteiger partial charge in [-0.05, 0) is 43.9 Å². The van der Waals surface area contributed by atoms with Crippen LogP contribution in [0.3, 0.4) is 0 Å². The lowest BCUT2D eigenvalue weighted by atomic mass is 9.96. The summed E-state index contributed by atoms with van der Waals surface area (Å²) in [6, 6.07) is 5.73. The number of aromatic nitrogens is 2. The van der Waals surface area contributed by atoms with Gasteiger partial charge in [0, 0.05) is 23.8 Å². The van der Waals surface area contributed by atoms with Gasteiger partial charge in [0.2, 0.25) is 5.13 Å². The van der Waals surface area contributed by atoms with E-state index in [-0.39, 0.29) is 12.5 Å². The highest BCUT2D eigenvalue weighted by atomic mass is 32.1. The van der Waals surface area contributed by atoms with Crippen LogP contribution < -0.4 is 10.1 Å². The molecule has 0 saturated heterocycles. The number of nitrogens with one attached hydrogen (secondary N) is 1. The van der Waals surface area contributed by atoms with E-state index >= 15 is 0 Å². The first-order valence-electron chi connectivity index (χ1n) is 9.02. The molecule has 136 valence electrons. The van der Waals surface area contributed by atoms with Crippen molar-refractivity contribution in [3.05, 3.63) is 34.5 Å². The lowest BCUT2D eigenvalue weighted by molar-refractivity contribution is -0.118. The average Bonchev–Trinajstić information content (AvgIpc) is 3.24. The maximum absolute atomic E-state index is 12.1. The summed E-state index contributed by atoms with van der Waals surface area (Å²) in [5.74, 6) is 1.53. The Hall–Kier alpha value is -2.41. The largest absolute Gasteiger partial charge is 0.484 e. The number of hydrogen-bond donors (Lipinski definition) is 1. The maximum Gasteiger partial charge on any atom is 0.264 e. The molecule has 0 unspecified atom stereocenters. The van der Waals surface area contributed by atoms with Crippen LogP contribution in [0.2, 0.25) is 0 Å². The molecular formula is C19H21N3O3S. The summed E-state index contributed by atoms with van der Waals surface area (Å²) in [7, 11) is 0. The van der Waals surface area contributed by atoms with Gasteiger partial charge in [-0.3, -0.25) is 10.1 Å². The average molecular weight is 371 g/mol. The standard InChI is InChI=1S/C19H21N3O3S/c1-2-5-18-21-22-19(26-18)20-17(23)11-24-12-8-9-16-14(10-12)13-6-3-4-7-15(13)25-16/h8-10H,2-7,11H2,1H3,(H,20,22,23). The third kappa shape index (κ3) is 3.58. The molecule has 0 radical (unpaired) electrons. The highest BCUT2D eigenvalue weighted by Gasteiger charge is 2.18. The highest BCUT2D eigenvalue weighted by Crippen LogP contribution is 2.33. The monoisotopic (exact) mass is 371 g/mol. The molecule has 1 amide bonds. The van der Waals surface area contributed by atoms with E-state index in [0.717, 1.165) is 47.4 Å². The Labute approximate surface area is 155 Å². The number of ether oxygens (including phenoxy) is 1. The molecule has 0 spiro atoms. The number of rotatable bonds is 6. The van der Waals surface area contributed by atoms with Crippen LogP contribution in [-0.4, -0.2) is 22.7 Å². The van der Waals surface area contributed by atoms with Crippen LogP contribution in [-0.2, 0) is 24.1 Å². The summed E-state index contributed by atoms with van der Waals surface area (Å²) in [6.07, 6.45) is 6.30. The summed E-state index contributed by atoms with van der Waals surface area (Å²) >= 11 is 1.40. The van der Waals surface area contributed by atoms with Gasteiger partial charge in [0.15, 0.2) is 6.61 Å². The maximum atomic E-state index is 12.1. The number of carbonyl (C=O) groups excluding carboxylic acids is 1. The predicted octanol–water partition coefficient (Wildman–Crippen LogP) is 4.13. The van der Waals surface area contributed by atoms with Crippen LogP contribution in [0.15, 0.2) is 22.6 Å². The van der Waals surface area contributed by atoms with Crippen LogP contribution in [0, 0.1) is 0 Å². The third-order valence-corrected chi connectivity index (χ3v) is 5.37. The number of furan rings is 1. The predicted molar refractivity (Wildman–Crippen MR) is 101 cm³/mol. The Bertz CT molecular complexity index is 931. The molecule has 1 aliphatic rings. The molecule has 6 nitrogen and oxygen atoms in total. The zero-order valence-electron chi connectivity index (χ0n) is 14.7. The molecule has 0 aliphatic heterocycles. The van der Waals surface area contributed by atoms with E-state index in [1.807, 2.05) is 18.2 Å². The number of benzene rings is 1. The van der Waals surface area contributed by atoms with Crippen molar-refractivity contribution in [2.24, 2.45) is 0 Å². The fourth-order valence-corrected chi connectivity index (χ4v) is 4.11. The molecule has 1 aliphatic carbocycles. The smallest absolute Gasteiger partial charge is 0.264 e. The van der Waals surface area contributed by atoms with Gasteiger partial charge < -0.3 is 9.15 Å². The minimum atomic E-state index is -0.237. The van der Waals surface area contributed by atoms with E-state index < -0.39 is 0 Å². The van der Waals surface area contributed by atoms with Crippen molar-refractivity contribution in [3.63, 3.8) is 0 Å². The molecule has 0 fully saturated rings.